The summed E-state index contributed by atoms with van der Waals surface area (Å²) in [7, 11) is 0. The van der Waals surface area contributed by atoms with E-state index in [1.165, 1.54) is 6.92 Å². The summed E-state index contributed by atoms with van der Waals surface area (Å²) in [5.74, 6) is -0.871. The van der Waals surface area contributed by atoms with Gasteiger partial charge in [0.2, 0.25) is 5.91 Å². The van der Waals surface area contributed by atoms with Crippen molar-refractivity contribution in [1.29, 1.82) is 0 Å². The van der Waals surface area contributed by atoms with Gasteiger partial charge in [-0.25, -0.2) is 0 Å². The Labute approximate surface area is 164 Å². The average Bonchev–Trinajstić information content (AvgIpc) is 3.24. The van der Waals surface area contributed by atoms with Crippen molar-refractivity contribution in [3.8, 4) is 0 Å². The van der Waals surface area contributed by atoms with Crippen LogP contribution in [0.4, 0.5) is 0 Å². The van der Waals surface area contributed by atoms with E-state index in [9.17, 15) is 19.5 Å². The van der Waals surface area contributed by atoms with Gasteiger partial charge in [-0.1, -0.05) is 0 Å². The van der Waals surface area contributed by atoms with Crippen LogP contribution in [-0.4, -0.2) is 87.9 Å². The van der Waals surface area contributed by atoms with Gasteiger partial charge in [-0.15, -0.1) is 0 Å². The molecule has 28 heavy (non-hydrogen) atoms. The topological polar surface area (TPSA) is 94.1 Å². The summed E-state index contributed by atoms with van der Waals surface area (Å²) in [6, 6.07) is 3.82. The first-order valence-electron chi connectivity index (χ1n) is 9.83. The number of nitrogens with zero attached hydrogens (tertiary/aromatic N) is 4. The molecule has 0 saturated carbocycles. The first-order valence-corrected chi connectivity index (χ1v) is 9.83. The minimum absolute atomic E-state index is 0.00366. The first-order chi connectivity index (χ1) is 13.4. The lowest BCUT2D eigenvalue weighted by molar-refractivity contribution is -0.149. The number of hydrogen-bond donors (Lipinski definition) is 1. The molecule has 1 aromatic heterocycles. The summed E-state index contributed by atoms with van der Waals surface area (Å²) in [5, 5.41) is 9.91. The lowest BCUT2D eigenvalue weighted by atomic mass is 9.81. The number of fused-ring (bicyclic) bond motifs is 1. The molecule has 2 unspecified atom stereocenters. The fourth-order valence-corrected chi connectivity index (χ4v) is 5.03. The molecule has 4 heterocycles. The highest BCUT2D eigenvalue weighted by molar-refractivity contribution is 5.93. The molecule has 1 N–H and O–H groups in total. The Morgan fingerprint density at radius 2 is 1.89 bits per heavy atom. The SMILES string of the molecule is CC(=O)N1CC2CN(C3CCN(C(=O)c4cccnc4)CC3)CC2(C(=O)O)C1. The minimum atomic E-state index is -0.853. The van der Waals surface area contributed by atoms with Crippen molar-refractivity contribution in [1.82, 2.24) is 19.7 Å². The van der Waals surface area contributed by atoms with Crippen molar-refractivity contribution in [3.05, 3.63) is 30.1 Å². The Kier molecular flexibility index (Phi) is 4.82. The number of carboxylic acid groups (broad SMARTS) is 1. The molecule has 2 amide bonds. The van der Waals surface area contributed by atoms with Gasteiger partial charge in [0.15, 0.2) is 0 Å². The number of rotatable bonds is 3. The molecule has 1 aromatic rings. The summed E-state index contributed by atoms with van der Waals surface area (Å²) < 4.78 is 0. The maximum absolute atomic E-state index is 12.6. The number of pyridine rings is 1. The molecule has 0 spiro atoms. The van der Waals surface area contributed by atoms with E-state index >= 15 is 0 Å². The molecule has 0 aromatic carbocycles. The lowest BCUT2D eigenvalue weighted by Gasteiger charge is -2.37. The van der Waals surface area contributed by atoms with Crippen molar-refractivity contribution in [2.24, 2.45) is 11.3 Å². The third-order valence-electron chi connectivity index (χ3n) is 6.68. The maximum atomic E-state index is 12.6. The Hall–Kier alpha value is -2.48. The normalized spacial score (nSPS) is 28.4. The van der Waals surface area contributed by atoms with E-state index < -0.39 is 11.4 Å². The smallest absolute Gasteiger partial charge is 0.313 e. The quantitative estimate of drug-likeness (QED) is 0.815. The van der Waals surface area contributed by atoms with Crippen LogP contribution in [0.25, 0.3) is 0 Å². The number of amides is 2. The van der Waals surface area contributed by atoms with Gasteiger partial charge < -0.3 is 14.9 Å². The average molecular weight is 386 g/mol. The Bertz CT molecular complexity index is 778. The molecule has 0 bridgehead atoms. The molecule has 3 fully saturated rings. The highest BCUT2D eigenvalue weighted by Crippen LogP contribution is 2.44. The zero-order chi connectivity index (χ0) is 19.9. The molecule has 4 rings (SSSR count). The summed E-state index contributed by atoms with van der Waals surface area (Å²) in [4.78, 5) is 46.2. The third-order valence-corrected chi connectivity index (χ3v) is 6.68. The van der Waals surface area contributed by atoms with Crippen LogP contribution in [0.2, 0.25) is 0 Å². The molecule has 0 aliphatic carbocycles. The van der Waals surface area contributed by atoms with Crippen LogP contribution in [0.5, 0.6) is 0 Å². The Morgan fingerprint density at radius 1 is 1.14 bits per heavy atom. The van der Waals surface area contributed by atoms with Gasteiger partial charge in [0.1, 0.15) is 5.41 Å². The second-order valence-electron chi connectivity index (χ2n) is 8.25. The monoisotopic (exact) mass is 386 g/mol. The van der Waals surface area contributed by atoms with E-state index in [4.69, 9.17) is 0 Å². The van der Waals surface area contributed by atoms with Gasteiger partial charge in [-0.2, -0.15) is 0 Å². The van der Waals surface area contributed by atoms with Gasteiger partial charge in [-0.3, -0.25) is 24.3 Å². The van der Waals surface area contributed by atoms with E-state index in [2.05, 4.69) is 9.88 Å². The van der Waals surface area contributed by atoms with Crippen LogP contribution >= 0.6 is 0 Å². The van der Waals surface area contributed by atoms with Gasteiger partial charge in [0.05, 0.1) is 5.56 Å². The van der Waals surface area contributed by atoms with Crippen molar-refractivity contribution in [2.45, 2.75) is 25.8 Å². The van der Waals surface area contributed by atoms with Crippen molar-refractivity contribution >= 4 is 17.8 Å². The predicted octanol–water partition coefficient (Wildman–Crippen LogP) is 0.551. The second kappa shape index (κ2) is 7.16. The molecule has 150 valence electrons. The Balaban J connectivity index is 1.38. The molecule has 3 aliphatic rings. The van der Waals surface area contributed by atoms with Gasteiger partial charge >= 0.3 is 5.97 Å². The zero-order valence-corrected chi connectivity index (χ0v) is 16.1. The van der Waals surface area contributed by atoms with Gasteiger partial charge in [0.25, 0.3) is 5.91 Å². The van der Waals surface area contributed by atoms with Crippen molar-refractivity contribution in [2.75, 3.05) is 39.3 Å². The third kappa shape index (κ3) is 3.15. The van der Waals surface area contributed by atoms with Crippen LogP contribution in [-0.2, 0) is 9.59 Å². The summed E-state index contributed by atoms with van der Waals surface area (Å²) in [5.41, 5.74) is -0.250. The summed E-state index contributed by atoms with van der Waals surface area (Å²) >= 11 is 0. The number of carbonyl (C=O) groups excluding carboxylic acids is 2. The summed E-state index contributed by atoms with van der Waals surface area (Å²) in [6.45, 7) is 4.85. The van der Waals surface area contributed by atoms with Crippen LogP contribution in [0, 0.1) is 11.3 Å². The number of carbonyl (C=O) groups is 3. The standard InChI is InChI=1S/C20H26N4O4/c1-14(25)23-10-16-11-24(13-20(16,12-23)19(27)28)17-4-7-22(8-5-17)18(26)15-3-2-6-21-9-15/h2-3,6,9,16-17H,4-5,7-8,10-13H2,1H3,(H,27,28). The van der Waals surface area contributed by atoms with Crippen LogP contribution in [0.15, 0.2) is 24.5 Å². The molecule has 2 atom stereocenters. The second-order valence-corrected chi connectivity index (χ2v) is 8.25. The van der Waals surface area contributed by atoms with Gasteiger partial charge in [0, 0.05) is 70.5 Å². The number of hydrogen-bond acceptors (Lipinski definition) is 5. The van der Waals surface area contributed by atoms with Crippen LogP contribution in [0.3, 0.4) is 0 Å². The van der Waals surface area contributed by atoms with E-state index in [1.807, 2.05) is 4.90 Å². The van der Waals surface area contributed by atoms with Gasteiger partial charge in [-0.05, 0) is 25.0 Å². The largest absolute Gasteiger partial charge is 0.481 e. The first kappa shape index (κ1) is 18.9. The minimum Gasteiger partial charge on any atom is -0.481 e. The predicted molar refractivity (Wildman–Crippen MR) is 101 cm³/mol. The molecule has 8 heteroatoms. The fraction of sp³-hybridized carbons (Fsp3) is 0.600. The number of aliphatic carboxylic acids is 1. The molecule has 3 aliphatic heterocycles. The zero-order valence-electron chi connectivity index (χ0n) is 16.1. The number of aromatic nitrogens is 1. The number of carboxylic acids is 1. The van der Waals surface area contributed by atoms with E-state index in [-0.39, 0.29) is 23.8 Å². The Morgan fingerprint density at radius 3 is 2.46 bits per heavy atom. The van der Waals surface area contributed by atoms with E-state index in [0.717, 1.165) is 12.8 Å². The summed E-state index contributed by atoms with van der Waals surface area (Å²) in [6.07, 6.45) is 4.92. The van der Waals surface area contributed by atoms with Crippen LogP contribution < -0.4 is 0 Å². The molecule has 0 radical (unpaired) electrons. The fourth-order valence-electron chi connectivity index (χ4n) is 5.03. The van der Waals surface area contributed by atoms with Crippen molar-refractivity contribution in [3.63, 3.8) is 0 Å². The van der Waals surface area contributed by atoms with E-state index in [0.29, 0.717) is 44.8 Å². The molecule has 8 nitrogen and oxygen atoms in total. The highest BCUT2D eigenvalue weighted by atomic mass is 16.4. The lowest BCUT2D eigenvalue weighted by Crippen LogP contribution is -2.48. The number of likely N-dealkylation sites (tertiary alicyclic amines) is 3. The number of piperidine rings is 1. The maximum Gasteiger partial charge on any atom is 0.313 e. The molecule has 3 saturated heterocycles. The van der Waals surface area contributed by atoms with Crippen LogP contribution in [0.1, 0.15) is 30.1 Å². The highest BCUT2D eigenvalue weighted by Gasteiger charge is 2.59. The molecular weight excluding hydrogens is 360 g/mol. The van der Waals surface area contributed by atoms with E-state index in [1.54, 1.807) is 29.4 Å². The van der Waals surface area contributed by atoms with Crippen molar-refractivity contribution < 1.29 is 19.5 Å². The molecular formula is C20H26N4O4.